The van der Waals surface area contributed by atoms with E-state index in [1.807, 2.05) is 0 Å². The number of benzene rings is 1. The van der Waals surface area contributed by atoms with Crippen molar-refractivity contribution in [1.29, 1.82) is 0 Å². The van der Waals surface area contributed by atoms with E-state index in [1.54, 1.807) is 36.4 Å². The molecule has 1 aromatic carbocycles. The standard InChI is InChI=1S/C17H13N3O4/c21-14(22)8-10-4-1-2-6-13(10)20-17(24)12-9-19-16(23)11-5-3-7-18-15(11)12/h1-7,9H,8H2,(H,19,23)(H,20,24)(H,21,22). The van der Waals surface area contributed by atoms with Crippen LogP contribution in [0.5, 0.6) is 0 Å². The fourth-order valence-corrected chi connectivity index (χ4v) is 2.41. The Morgan fingerprint density at radius 3 is 2.75 bits per heavy atom. The number of para-hydroxylation sites is 1. The first-order valence-electron chi connectivity index (χ1n) is 7.13. The summed E-state index contributed by atoms with van der Waals surface area (Å²) in [6, 6.07) is 9.84. The van der Waals surface area contributed by atoms with E-state index in [1.165, 1.54) is 12.4 Å². The molecule has 0 aliphatic carbocycles. The topological polar surface area (TPSA) is 112 Å². The number of carbonyl (C=O) groups excluding carboxylic acids is 1. The zero-order chi connectivity index (χ0) is 17.1. The van der Waals surface area contributed by atoms with E-state index in [2.05, 4.69) is 15.3 Å². The van der Waals surface area contributed by atoms with Crippen LogP contribution in [0.2, 0.25) is 0 Å². The van der Waals surface area contributed by atoms with E-state index in [9.17, 15) is 14.4 Å². The second kappa shape index (κ2) is 6.33. The van der Waals surface area contributed by atoms with Crippen molar-refractivity contribution in [3.8, 4) is 0 Å². The number of carboxylic acids is 1. The minimum atomic E-state index is -0.993. The van der Waals surface area contributed by atoms with Gasteiger partial charge in [0, 0.05) is 18.1 Å². The maximum atomic E-state index is 12.6. The van der Waals surface area contributed by atoms with Gasteiger partial charge in [0.1, 0.15) is 0 Å². The van der Waals surface area contributed by atoms with Crippen LogP contribution in [0.15, 0.2) is 53.6 Å². The number of aromatic amines is 1. The number of nitrogens with one attached hydrogen (secondary N) is 2. The number of carbonyl (C=O) groups is 2. The highest BCUT2D eigenvalue weighted by molar-refractivity contribution is 6.11. The quantitative estimate of drug-likeness (QED) is 0.678. The Bertz CT molecular complexity index is 994. The van der Waals surface area contributed by atoms with Crippen LogP contribution in [0.3, 0.4) is 0 Å². The summed E-state index contributed by atoms with van der Waals surface area (Å²) in [5.41, 5.74) is 1.05. The number of pyridine rings is 2. The molecule has 0 aliphatic heterocycles. The van der Waals surface area contributed by atoms with Crippen molar-refractivity contribution in [2.75, 3.05) is 5.32 Å². The van der Waals surface area contributed by atoms with Gasteiger partial charge in [-0.1, -0.05) is 18.2 Å². The van der Waals surface area contributed by atoms with Crippen LogP contribution in [0.1, 0.15) is 15.9 Å². The van der Waals surface area contributed by atoms with E-state index < -0.39 is 11.9 Å². The van der Waals surface area contributed by atoms with Crippen molar-refractivity contribution >= 4 is 28.5 Å². The van der Waals surface area contributed by atoms with Crippen molar-refractivity contribution < 1.29 is 14.7 Å². The zero-order valence-electron chi connectivity index (χ0n) is 12.4. The number of aliphatic carboxylic acids is 1. The van der Waals surface area contributed by atoms with Crippen LogP contribution in [0.25, 0.3) is 10.9 Å². The van der Waals surface area contributed by atoms with Gasteiger partial charge in [0.2, 0.25) is 0 Å². The first-order valence-corrected chi connectivity index (χ1v) is 7.13. The lowest BCUT2D eigenvalue weighted by Gasteiger charge is -2.10. The SMILES string of the molecule is O=C(O)Cc1ccccc1NC(=O)c1c[nH]c(=O)c2cccnc12. The molecule has 0 atom stereocenters. The van der Waals surface area contributed by atoms with Gasteiger partial charge in [0.05, 0.1) is 22.9 Å². The van der Waals surface area contributed by atoms with Crippen molar-refractivity contribution in [2.45, 2.75) is 6.42 Å². The largest absolute Gasteiger partial charge is 0.481 e. The minimum absolute atomic E-state index is 0.204. The fraction of sp³-hybridized carbons (Fsp3) is 0.0588. The van der Waals surface area contributed by atoms with Crippen molar-refractivity contribution in [1.82, 2.24) is 9.97 Å². The second-order valence-electron chi connectivity index (χ2n) is 5.11. The van der Waals surface area contributed by atoms with Gasteiger partial charge >= 0.3 is 5.97 Å². The average molecular weight is 323 g/mol. The third-order valence-corrected chi connectivity index (χ3v) is 3.51. The number of nitrogens with zero attached hydrogens (tertiary/aromatic N) is 1. The molecule has 3 rings (SSSR count). The molecule has 0 bridgehead atoms. The van der Waals surface area contributed by atoms with Crippen LogP contribution >= 0.6 is 0 Å². The molecule has 0 saturated heterocycles. The lowest BCUT2D eigenvalue weighted by molar-refractivity contribution is -0.136. The van der Waals surface area contributed by atoms with Gasteiger partial charge in [0.15, 0.2) is 0 Å². The number of H-pyrrole nitrogens is 1. The van der Waals surface area contributed by atoms with Gasteiger partial charge in [-0.2, -0.15) is 0 Å². The van der Waals surface area contributed by atoms with E-state index in [0.717, 1.165) is 0 Å². The van der Waals surface area contributed by atoms with Crippen molar-refractivity contribution in [3.63, 3.8) is 0 Å². The first kappa shape index (κ1) is 15.4. The van der Waals surface area contributed by atoms with E-state index >= 15 is 0 Å². The highest BCUT2D eigenvalue weighted by atomic mass is 16.4. The maximum absolute atomic E-state index is 12.6. The molecule has 24 heavy (non-hydrogen) atoms. The Kier molecular flexibility index (Phi) is 4.07. The highest BCUT2D eigenvalue weighted by Crippen LogP contribution is 2.18. The maximum Gasteiger partial charge on any atom is 0.307 e. The third kappa shape index (κ3) is 3.00. The number of anilines is 1. The molecule has 7 nitrogen and oxygen atoms in total. The van der Waals surface area contributed by atoms with Crippen molar-refractivity contribution in [2.24, 2.45) is 0 Å². The highest BCUT2D eigenvalue weighted by Gasteiger charge is 2.15. The van der Waals surface area contributed by atoms with Gasteiger partial charge in [-0.3, -0.25) is 19.4 Å². The predicted molar refractivity (Wildman–Crippen MR) is 88.1 cm³/mol. The lowest BCUT2D eigenvalue weighted by atomic mass is 10.1. The summed E-state index contributed by atoms with van der Waals surface area (Å²) in [6.07, 6.45) is 2.59. The molecule has 7 heteroatoms. The monoisotopic (exact) mass is 323 g/mol. The minimum Gasteiger partial charge on any atom is -0.481 e. The van der Waals surface area contributed by atoms with Gasteiger partial charge in [-0.25, -0.2) is 0 Å². The molecular weight excluding hydrogens is 310 g/mol. The first-order chi connectivity index (χ1) is 11.6. The summed E-state index contributed by atoms with van der Waals surface area (Å²) in [5.74, 6) is -1.47. The molecule has 120 valence electrons. The number of fused-ring (bicyclic) bond motifs is 1. The van der Waals surface area contributed by atoms with Crippen LogP contribution in [0, 0.1) is 0 Å². The van der Waals surface area contributed by atoms with Crippen molar-refractivity contribution in [3.05, 3.63) is 70.3 Å². The van der Waals surface area contributed by atoms with Crippen LogP contribution in [-0.4, -0.2) is 27.0 Å². The van der Waals surface area contributed by atoms with Gasteiger partial charge < -0.3 is 15.4 Å². The number of rotatable bonds is 4. The number of aromatic nitrogens is 2. The number of hydrogen-bond acceptors (Lipinski definition) is 4. The van der Waals surface area contributed by atoms with Gasteiger partial charge in [-0.05, 0) is 23.8 Å². The smallest absolute Gasteiger partial charge is 0.307 e. The Balaban J connectivity index is 1.99. The number of carboxylic acid groups (broad SMARTS) is 1. The Hall–Kier alpha value is -3.48. The fourth-order valence-electron chi connectivity index (χ4n) is 2.41. The lowest BCUT2D eigenvalue weighted by Crippen LogP contribution is -2.18. The Morgan fingerprint density at radius 2 is 1.96 bits per heavy atom. The predicted octanol–water partition coefficient (Wildman–Crippen LogP) is 1.80. The molecule has 0 fully saturated rings. The molecule has 0 radical (unpaired) electrons. The summed E-state index contributed by atoms with van der Waals surface area (Å²) in [4.78, 5) is 41.9. The molecule has 0 saturated carbocycles. The molecule has 2 heterocycles. The van der Waals surface area contributed by atoms with E-state index in [4.69, 9.17) is 5.11 Å². The van der Waals surface area contributed by atoms with Gasteiger partial charge in [0.25, 0.3) is 11.5 Å². The van der Waals surface area contributed by atoms with E-state index in [0.29, 0.717) is 16.6 Å². The van der Waals surface area contributed by atoms with Crippen LogP contribution < -0.4 is 10.9 Å². The van der Waals surface area contributed by atoms with Gasteiger partial charge in [-0.15, -0.1) is 0 Å². The summed E-state index contributed by atoms with van der Waals surface area (Å²) in [7, 11) is 0. The number of amides is 1. The summed E-state index contributed by atoms with van der Waals surface area (Å²) < 4.78 is 0. The zero-order valence-corrected chi connectivity index (χ0v) is 12.4. The average Bonchev–Trinajstić information content (AvgIpc) is 2.57. The van der Waals surface area contributed by atoms with Crippen LogP contribution in [0.4, 0.5) is 5.69 Å². The third-order valence-electron chi connectivity index (χ3n) is 3.51. The molecule has 3 N–H and O–H groups in total. The molecule has 0 unspecified atom stereocenters. The molecule has 0 aliphatic rings. The normalized spacial score (nSPS) is 10.5. The molecule has 2 aromatic heterocycles. The summed E-state index contributed by atoms with van der Waals surface area (Å²) >= 11 is 0. The summed E-state index contributed by atoms with van der Waals surface area (Å²) in [5, 5.41) is 11.9. The molecule has 3 aromatic rings. The Labute approximate surface area is 136 Å². The summed E-state index contributed by atoms with van der Waals surface area (Å²) in [6.45, 7) is 0. The molecular formula is C17H13N3O4. The number of hydrogen-bond donors (Lipinski definition) is 3. The van der Waals surface area contributed by atoms with E-state index in [-0.39, 0.29) is 23.1 Å². The van der Waals surface area contributed by atoms with Crippen LogP contribution in [-0.2, 0) is 11.2 Å². The molecule has 0 spiro atoms. The Morgan fingerprint density at radius 1 is 1.17 bits per heavy atom. The molecule has 1 amide bonds. The second-order valence-corrected chi connectivity index (χ2v) is 5.11.